The Labute approximate surface area is 218 Å². The molecule has 0 radical (unpaired) electrons. The molecule has 4 rings (SSSR count). The van der Waals surface area contributed by atoms with Crippen molar-refractivity contribution in [2.45, 2.75) is 45.2 Å². The smallest absolute Gasteiger partial charge is 0.272 e. The molecule has 0 aliphatic heterocycles. The first-order chi connectivity index (χ1) is 17.6. The number of aromatic nitrogens is 2. The molecule has 36 heavy (non-hydrogen) atoms. The average Bonchev–Trinajstić information content (AvgIpc) is 3.32. The van der Waals surface area contributed by atoms with E-state index in [1.807, 2.05) is 72.8 Å². The minimum atomic E-state index is -0.260. The summed E-state index contributed by atoms with van der Waals surface area (Å²) in [6.07, 6.45) is 3.45. The third kappa shape index (κ3) is 6.43. The zero-order chi connectivity index (χ0) is 25.3. The number of rotatable bonds is 11. The molecule has 186 valence electrons. The Morgan fingerprint density at radius 1 is 1.03 bits per heavy atom. The molecular formula is C30H32FN3OS. The third-order valence-electron chi connectivity index (χ3n) is 6.25. The number of nitrogens with one attached hydrogen (secondary N) is 1. The number of carbonyl (C=O) groups is 1. The van der Waals surface area contributed by atoms with Crippen LogP contribution in [0.15, 0.2) is 84.9 Å². The molecule has 1 N–H and O–H groups in total. The second-order valence-electron chi connectivity index (χ2n) is 8.97. The molecule has 6 heteroatoms. The summed E-state index contributed by atoms with van der Waals surface area (Å²) < 4.78 is 17.3. The minimum absolute atomic E-state index is 0.118. The molecule has 3 aromatic carbocycles. The molecule has 4 nitrogen and oxygen atoms in total. The van der Waals surface area contributed by atoms with E-state index in [1.54, 1.807) is 16.8 Å². The Balaban J connectivity index is 1.56. The molecule has 0 saturated heterocycles. The summed E-state index contributed by atoms with van der Waals surface area (Å²) in [6, 6.07) is 26.7. The van der Waals surface area contributed by atoms with Crippen molar-refractivity contribution in [3.63, 3.8) is 0 Å². The van der Waals surface area contributed by atoms with Gasteiger partial charge in [-0.2, -0.15) is 17.7 Å². The van der Waals surface area contributed by atoms with Crippen LogP contribution in [-0.2, 0) is 19.4 Å². The average molecular weight is 502 g/mol. The van der Waals surface area contributed by atoms with Crippen molar-refractivity contribution in [3.05, 3.63) is 113 Å². The lowest BCUT2D eigenvalue weighted by Crippen LogP contribution is -2.38. The molecule has 1 heterocycles. The van der Waals surface area contributed by atoms with Crippen LogP contribution in [0.3, 0.4) is 0 Å². The van der Waals surface area contributed by atoms with Crippen molar-refractivity contribution in [2.75, 3.05) is 5.75 Å². The fraction of sp³-hybridized carbons (Fsp3) is 0.267. The SMILES string of the molecule is CCCCc1cc(C(=O)N[C@@H](CS)Cc2ccccc2)nn1Cc1cccc(-c2ccccc2)c1F. The van der Waals surface area contributed by atoms with Crippen LogP contribution in [-0.4, -0.2) is 27.5 Å². The highest BCUT2D eigenvalue weighted by atomic mass is 32.1. The van der Waals surface area contributed by atoms with Gasteiger partial charge in [-0.15, -0.1) is 0 Å². The maximum atomic E-state index is 15.5. The van der Waals surface area contributed by atoms with Gasteiger partial charge in [0.1, 0.15) is 11.5 Å². The van der Waals surface area contributed by atoms with Crippen molar-refractivity contribution in [1.82, 2.24) is 15.1 Å². The van der Waals surface area contributed by atoms with Crippen molar-refractivity contribution in [3.8, 4) is 11.1 Å². The molecule has 1 atom stereocenters. The lowest BCUT2D eigenvalue weighted by molar-refractivity contribution is 0.0935. The van der Waals surface area contributed by atoms with Gasteiger partial charge in [0.2, 0.25) is 0 Å². The number of hydrogen-bond donors (Lipinski definition) is 2. The second kappa shape index (κ2) is 12.5. The summed E-state index contributed by atoms with van der Waals surface area (Å²) in [5.41, 5.74) is 4.35. The summed E-state index contributed by atoms with van der Waals surface area (Å²) in [6.45, 7) is 2.39. The van der Waals surface area contributed by atoms with Crippen LogP contribution in [0.2, 0.25) is 0 Å². The van der Waals surface area contributed by atoms with E-state index in [-0.39, 0.29) is 24.3 Å². The highest BCUT2D eigenvalue weighted by molar-refractivity contribution is 7.80. The van der Waals surface area contributed by atoms with E-state index < -0.39 is 0 Å². The number of benzene rings is 3. The highest BCUT2D eigenvalue weighted by Gasteiger charge is 2.19. The number of nitrogens with zero attached hydrogens (tertiary/aromatic N) is 2. The van der Waals surface area contributed by atoms with Crippen LogP contribution in [0.25, 0.3) is 11.1 Å². The minimum Gasteiger partial charge on any atom is -0.347 e. The number of carbonyl (C=O) groups excluding carboxylic acids is 1. The van der Waals surface area contributed by atoms with Gasteiger partial charge in [0.25, 0.3) is 5.91 Å². The van der Waals surface area contributed by atoms with E-state index in [1.165, 1.54) is 0 Å². The van der Waals surface area contributed by atoms with Gasteiger partial charge in [-0.25, -0.2) is 4.39 Å². The molecule has 1 aromatic heterocycles. The van der Waals surface area contributed by atoms with Crippen LogP contribution in [0.5, 0.6) is 0 Å². The molecule has 1 amide bonds. The van der Waals surface area contributed by atoms with E-state index in [0.29, 0.717) is 29.0 Å². The zero-order valence-electron chi connectivity index (χ0n) is 20.5. The van der Waals surface area contributed by atoms with Gasteiger partial charge in [0.15, 0.2) is 0 Å². The molecule has 0 spiro atoms. The normalized spacial score (nSPS) is 11.9. The molecule has 0 bridgehead atoms. The molecule has 0 fully saturated rings. The largest absolute Gasteiger partial charge is 0.347 e. The first-order valence-corrected chi connectivity index (χ1v) is 13.1. The summed E-state index contributed by atoms with van der Waals surface area (Å²) in [7, 11) is 0. The molecule has 0 aliphatic rings. The first kappa shape index (κ1) is 25.7. The highest BCUT2D eigenvalue weighted by Crippen LogP contribution is 2.25. The number of amides is 1. The zero-order valence-corrected chi connectivity index (χ0v) is 21.4. The van der Waals surface area contributed by atoms with Gasteiger partial charge in [-0.05, 0) is 36.5 Å². The molecule has 0 unspecified atom stereocenters. The Bertz CT molecular complexity index is 1270. The Hall–Kier alpha value is -3.38. The molecule has 4 aromatic rings. The van der Waals surface area contributed by atoms with Crippen LogP contribution in [0.1, 0.15) is 47.1 Å². The molecule has 0 aliphatic carbocycles. The van der Waals surface area contributed by atoms with Crippen LogP contribution >= 0.6 is 12.6 Å². The van der Waals surface area contributed by atoms with Crippen molar-refractivity contribution in [1.29, 1.82) is 0 Å². The number of halogens is 1. The van der Waals surface area contributed by atoms with E-state index >= 15 is 4.39 Å². The standard InChI is InChI=1S/C30H32FN3OS/c1-2-3-16-26-19-28(30(35)32-25(21-36)18-22-11-6-4-7-12-22)33-34(26)20-24-15-10-17-27(29(24)31)23-13-8-5-9-14-23/h4-15,17,19,25,36H,2-3,16,18,20-21H2,1H3,(H,32,35)/t25-/m1/s1. The predicted molar refractivity (Wildman–Crippen MR) is 147 cm³/mol. The maximum Gasteiger partial charge on any atom is 0.272 e. The van der Waals surface area contributed by atoms with Gasteiger partial charge < -0.3 is 5.32 Å². The second-order valence-corrected chi connectivity index (χ2v) is 9.33. The van der Waals surface area contributed by atoms with Crippen molar-refractivity contribution < 1.29 is 9.18 Å². The van der Waals surface area contributed by atoms with Gasteiger partial charge in [0.05, 0.1) is 6.54 Å². The van der Waals surface area contributed by atoms with E-state index in [2.05, 4.69) is 30.0 Å². The van der Waals surface area contributed by atoms with E-state index in [0.717, 1.165) is 36.1 Å². The Morgan fingerprint density at radius 3 is 2.44 bits per heavy atom. The number of hydrogen-bond acceptors (Lipinski definition) is 3. The quantitative estimate of drug-likeness (QED) is 0.235. The van der Waals surface area contributed by atoms with E-state index in [4.69, 9.17) is 0 Å². The topological polar surface area (TPSA) is 46.9 Å². The van der Waals surface area contributed by atoms with E-state index in [9.17, 15) is 4.79 Å². The van der Waals surface area contributed by atoms with Crippen LogP contribution in [0.4, 0.5) is 4.39 Å². The molecule has 0 saturated carbocycles. The number of aryl methyl sites for hydroxylation is 1. The first-order valence-electron chi connectivity index (χ1n) is 12.4. The summed E-state index contributed by atoms with van der Waals surface area (Å²) >= 11 is 4.44. The van der Waals surface area contributed by atoms with Crippen molar-refractivity contribution in [2.24, 2.45) is 0 Å². The monoisotopic (exact) mass is 501 g/mol. The number of thiol groups is 1. The summed E-state index contributed by atoms with van der Waals surface area (Å²) in [5.74, 6) is 0.0197. The third-order valence-corrected chi connectivity index (χ3v) is 6.69. The maximum absolute atomic E-state index is 15.5. The Morgan fingerprint density at radius 2 is 1.75 bits per heavy atom. The fourth-order valence-corrected chi connectivity index (χ4v) is 4.51. The Kier molecular flexibility index (Phi) is 8.95. The van der Waals surface area contributed by atoms with Crippen molar-refractivity contribution >= 4 is 18.5 Å². The van der Waals surface area contributed by atoms with Crippen LogP contribution in [0, 0.1) is 5.82 Å². The summed E-state index contributed by atoms with van der Waals surface area (Å²) in [5, 5.41) is 7.68. The van der Waals surface area contributed by atoms with Gasteiger partial charge >= 0.3 is 0 Å². The summed E-state index contributed by atoms with van der Waals surface area (Å²) in [4.78, 5) is 13.1. The number of unbranched alkanes of at least 4 members (excludes halogenated alkanes) is 1. The fourth-order valence-electron chi connectivity index (χ4n) is 4.29. The lowest BCUT2D eigenvalue weighted by atomic mass is 10.0. The molecular weight excluding hydrogens is 469 g/mol. The van der Waals surface area contributed by atoms with Gasteiger partial charge in [-0.1, -0.05) is 92.2 Å². The van der Waals surface area contributed by atoms with Crippen LogP contribution < -0.4 is 5.32 Å². The van der Waals surface area contributed by atoms with Gasteiger partial charge in [-0.3, -0.25) is 9.48 Å². The predicted octanol–water partition coefficient (Wildman–Crippen LogP) is 6.35. The lowest BCUT2D eigenvalue weighted by Gasteiger charge is -2.16. The van der Waals surface area contributed by atoms with Gasteiger partial charge in [0, 0.05) is 28.6 Å².